The zero-order chi connectivity index (χ0) is 16.1. The van der Waals surface area contributed by atoms with Gasteiger partial charge in [0.05, 0.1) is 0 Å². The number of para-hydroxylation sites is 1. The molecule has 0 aliphatic carbocycles. The van der Waals surface area contributed by atoms with Crippen molar-refractivity contribution in [3.8, 4) is 0 Å². The molecule has 1 amide bonds. The van der Waals surface area contributed by atoms with Crippen molar-refractivity contribution in [3.05, 3.63) is 48.2 Å². The van der Waals surface area contributed by atoms with Crippen LogP contribution in [0, 0.1) is 0 Å². The molecule has 1 aliphatic heterocycles. The van der Waals surface area contributed by atoms with Gasteiger partial charge >= 0.3 is 0 Å². The van der Waals surface area contributed by atoms with E-state index in [1.165, 1.54) is 19.3 Å². The number of benzene rings is 1. The Morgan fingerprint density at radius 1 is 1.04 bits per heavy atom. The molecular weight excluding hydrogens is 288 g/mol. The Balaban J connectivity index is 1.76. The van der Waals surface area contributed by atoms with Gasteiger partial charge in [0.1, 0.15) is 0 Å². The van der Waals surface area contributed by atoms with Gasteiger partial charge in [0.25, 0.3) is 5.91 Å². The topological polar surface area (TPSA) is 49.3 Å². The molecule has 0 spiro atoms. The summed E-state index contributed by atoms with van der Waals surface area (Å²) in [4.78, 5) is 16.6. The Bertz CT molecular complexity index is 636. The van der Waals surface area contributed by atoms with E-state index in [0.29, 0.717) is 12.2 Å². The molecule has 0 saturated carbocycles. The number of carbonyl (C=O) groups is 1. The number of hydrogen-bond acceptors (Lipinski definition) is 4. The lowest BCUT2D eigenvalue weighted by Crippen LogP contribution is -2.32. The minimum absolute atomic E-state index is 0.114. The van der Waals surface area contributed by atoms with Crippen molar-refractivity contribution in [2.75, 3.05) is 29.4 Å². The van der Waals surface area contributed by atoms with Crippen LogP contribution in [0.1, 0.15) is 36.7 Å². The summed E-state index contributed by atoms with van der Waals surface area (Å²) in [6.45, 7) is 4.60. The van der Waals surface area contributed by atoms with E-state index in [-0.39, 0.29) is 5.91 Å². The van der Waals surface area contributed by atoms with E-state index in [4.69, 9.17) is 0 Å². The van der Waals surface area contributed by atoms with E-state index in [1.807, 2.05) is 43.3 Å². The molecule has 0 N–H and O–H groups in total. The second-order valence-corrected chi connectivity index (χ2v) is 5.71. The second-order valence-electron chi connectivity index (χ2n) is 5.71. The summed E-state index contributed by atoms with van der Waals surface area (Å²) in [6.07, 6.45) is 3.67. The van der Waals surface area contributed by atoms with Crippen LogP contribution < -0.4 is 9.80 Å². The number of anilines is 2. The third-order valence-electron chi connectivity index (χ3n) is 4.18. The number of rotatable bonds is 4. The second kappa shape index (κ2) is 7.22. The molecule has 0 atom stereocenters. The molecular formula is C18H22N4O. The average Bonchev–Trinajstić information content (AvgIpc) is 2.64. The van der Waals surface area contributed by atoms with Crippen LogP contribution in [0.5, 0.6) is 0 Å². The Labute approximate surface area is 136 Å². The van der Waals surface area contributed by atoms with Crippen molar-refractivity contribution in [2.45, 2.75) is 26.2 Å². The molecule has 1 aliphatic rings. The summed E-state index contributed by atoms with van der Waals surface area (Å²) >= 11 is 0. The lowest BCUT2D eigenvalue weighted by molar-refractivity contribution is 0.0982. The molecule has 1 saturated heterocycles. The van der Waals surface area contributed by atoms with Gasteiger partial charge in [0.2, 0.25) is 0 Å². The van der Waals surface area contributed by atoms with E-state index in [9.17, 15) is 4.79 Å². The van der Waals surface area contributed by atoms with Crippen LogP contribution in [0.3, 0.4) is 0 Å². The maximum atomic E-state index is 12.7. The highest BCUT2D eigenvalue weighted by atomic mass is 16.2. The van der Waals surface area contributed by atoms with Gasteiger partial charge < -0.3 is 9.80 Å². The van der Waals surface area contributed by atoms with E-state index in [1.54, 1.807) is 11.0 Å². The van der Waals surface area contributed by atoms with Crippen molar-refractivity contribution >= 4 is 17.4 Å². The first-order chi connectivity index (χ1) is 11.3. The van der Waals surface area contributed by atoms with E-state index < -0.39 is 0 Å². The fourth-order valence-corrected chi connectivity index (χ4v) is 2.92. The smallest absolute Gasteiger partial charge is 0.278 e. The Morgan fingerprint density at radius 3 is 2.39 bits per heavy atom. The van der Waals surface area contributed by atoms with Gasteiger partial charge in [-0.15, -0.1) is 10.2 Å². The summed E-state index contributed by atoms with van der Waals surface area (Å²) < 4.78 is 0. The SMILES string of the molecule is CCN(C(=O)c1ccc(N2CCCCC2)nn1)c1ccccc1. The van der Waals surface area contributed by atoms with Crippen LogP contribution in [0.15, 0.2) is 42.5 Å². The highest BCUT2D eigenvalue weighted by molar-refractivity contribution is 6.04. The maximum absolute atomic E-state index is 12.7. The minimum atomic E-state index is -0.114. The normalized spacial score (nSPS) is 14.6. The molecule has 3 rings (SSSR count). The fourth-order valence-electron chi connectivity index (χ4n) is 2.92. The fraction of sp³-hybridized carbons (Fsp3) is 0.389. The van der Waals surface area contributed by atoms with E-state index >= 15 is 0 Å². The molecule has 0 bridgehead atoms. The molecule has 0 radical (unpaired) electrons. The molecule has 5 nitrogen and oxygen atoms in total. The number of nitrogens with zero attached hydrogens (tertiary/aromatic N) is 4. The van der Waals surface area contributed by atoms with Crippen molar-refractivity contribution < 1.29 is 4.79 Å². The highest BCUT2D eigenvalue weighted by Crippen LogP contribution is 2.19. The number of amides is 1. The Hall–Kier alpha value is -2.43. The largest absolute Gasteiger partial charge is 0.355 e. The molecule has 1 aromatic heterocycles. The minimum Gasteiger partial charge on any atom is -0.355 e. The first kappa shape index (κ1) is 15.5. The van der Waals surface area contributed by atoms with Gasteiger partial charge in [-0.2, -0.15) is 0 Å². The lowest BCUT2D eigenvalue weighted by Gasteiger charge is -2.27. The highest BCUT2D eigenvalue weighted by Gasteiger charge is 2.19. The third-order valence-corrected chi connectivity index (χ3v) is 4.18. The Kier molecular flexibility index (Phi) is 4.86. The first-order valence-electron chi connectivity index (χ1n) is 8.25. The van der Waals surface area contributed by atoms with Gasteiger partial charge in [0, 0.05) is 25.3 Å². The molecule has 0 unspecified atom stereocenters. The number of piperidine rings is 1. The molecule has 23 heavy (non-hydrogen) atoms. The van der Waals surface area contributed by atoms with Gasteiger partial charge in [-0.25, -0.2) is 0 Å². The Morgan fingerprint density at radius 2 is 1.78 bits per heavy atom. The standard InChI is InChI=1S/C18H22N4O/c1-2-22(15-9-5-3-6-10-15)18(23)16-11-12-17(20-19-16)21-13-7-4-8-14-21/h3,5-6,9-12H,2,4,7-8,13-14H2,1H3. The van der Waals surface area contributed by atoms with Gasteiger partial charge in [-0.1, -0.05) is 18.2 Å². The lowest BCUT2D eigenvalue weighted by atomic mass is 10.1. The summed E-state index contributed by atoms with van der Waals surface area (Å²) in [5.41, 5.74) is 1.26. The van der Waals surface area contributed by atoms with Crippen molar-refractivity contribution in [1.82, 2.24) is 10.2 Å². The van der Waals surface area contributed by atoms with Gasteiger partial charge in [-0.3, -0.25) is 4.79 Å². The van der Waals surface area contributed by atoms with Crippen molar-refractivity contribution in [2.24, 2.45) is 0 Å². The predicted molar refractivity (Wildman–Crippen MR) is 91.9 cm³/mol. The zero-order valence-electron chi connectivity index (χ0n) is 13.5. The number of carbonyl (C=O) groups excluding carboxylic acids is 1. The zero-order valence-corrected chi connectivity index (χ0v) is 13.5. The van der Waals surface area contributed by atoms with E-state index in [2.05, 4.69) is 15.1 Å². The molecule has 5 heteroatoms. The van der Waals surface area contributed by atoms with Crippen LogP contribution in [0.25, 0.3) is 0 Å². The molecule has 2 aromatic rings. The van der Waals surface area contributed by atoms with Crippen LogP contribution >= 0.6 is 0 Å². The molecule has 1 aromatic carbocycles. The van der Waals surface area contributed by atoms with E-state index in [0.717, 1.165) is 24.6 Å². The van der Waals surface area contributed by atoms with Crippen LogP contribution in [0.2, 0.25) is 0 Å². The van der Waals surface area contributed by atoms with Crippen LogP contribution in [-0.2, 0) is 0 Å². The molecule has 1 fully saturated rings. The van der Waals surface area contributed by atoms with Gasteiger partial charge in [-0.05, 0) is 50.5 Å². The average molecular weight is 310 g/mol. The molecule has 2 heterocycles. The summed E-state index contributed by atoms with van der Waals surface area (Å²) in [5.74, 6) is 0.750. The van der Waals surface area contributed by atoms with Crippen LogP contribution in [-0.4, -0.2) is 35.7 Å². The number of hydrogen-bond donors (Lipinski definition) is 0. The monoisotopic (exact) mass is 310 g/mol. The maximum Gasteiger partial charge on any atom is 0.278 e. The quantitative estimate of drug-likeness (QED) is 0.870. The third kappa shape index (κ3) is 3.50. The summed E-state index contributed by atoms with van der Waals surface area (Å²) in [5, 5.41) is 8.43. The summed E-state index contributed by atoms with van der Waals surface area (Å²) in [7, 11) is 0. The molecule has 120 valence electrons. The van der Waals surface area contributed by atoms with Crippen molar-refractivity contribution in [3.63, 3.8) is 0 Å². The predicted octanol–water partition coefficient (Wildman–Crippen LogP) is 3.13. The van der Waals surface area contributed by atoms with Crippen molar-refractivity contribution in [1.29, 1.82) is 0 Å². The summed E-state index contributed by atoms with van der Waals surface area (Å²) in [6, 6.07) is 13.3. The number of aromatic nitrogens is 2. The first-order valence-corrected chi connectivity index (χ1v) is 8.25. The van der Waals surface area contributed by atoms with Crippen LogP contribution in [0.4, 0.5) is 11.5 Å². The van der Waals surface area contributed by atoms with Gasteiger partial charge in [0.15, 0.2) is 11.5 Å².